The van der Waals surface area contributed by atoms with E-state index in [1.54, 1.807) is 23.0 Å². The van der Waals surface area contributed by atoms with Crippen molar-refractivity contribution in [3.05, 3.63) is 46.5 Å². The highest BCUT2D eigenvalue weighted by atomic mass is 35.5. The van der Waals surface area contributed by atoms with Crippen molar-refractivity contribution in [2.45, 2.75) is 25.9 Å². The van der Waals surface area contributed by atoms with Gasteiger partial charge in [-0.3, -0.25) is 5.84 Å². The number of nitrogens with two attached hydrogens (primary N) is 1. The molecule has 1 aromatic heterocycles. The van der Waals surface area contributed by atoms with E-state index in [4.69, 9.17) is 17.4 Å². The maximum absolute atomic E-state index is 14.0. The molecule has 1 heterocycles. The van der Waals surface area contributed by atoms with Gasteiger partial charge in [0.05, 0.1) is 17.9 Å². The van der Waals surface area contributed by atoms with Crippen LogP contribution in [-0.2, 0) is 6.54 Å². The van der Waals surface area contributed by atoms with Gasteiger partial charge in [0.15, 0.2) is 0 Å². The van der Waals surface area contributed by atoms with Gasteiger partial charge in [-0.25, -0.2) is 14.5 Å². The van der Waals surface area contributed by atoms with E-state index in [9.17, 15) is 4.39 Å². The van der Waals surface area contributed by atoms with Gasteiger partial charge < -0.3 is 0 Å². The summed E-state index contributed by atoms with van der Waals surface area (Å²) < 4.78 is 15.7. The van der Waals surface area contributed by atoms with Gasteiger partial charge in [0, 0.05) is 17.1 Å². The Kier molecular flexibility index (Phi) is 4.47. The number of benzene rings is 1. The molecule has 3 N–H and O–H groups in total. The molecule has 1 unspecified atom stereocenters. The number of aryl methyl sites for hydroxylation is 1. The summed E-state index contributed by atoms with van der Waals surface area (Å²) >= 11 is 5.75. The molecule has 7 heteroatoms. The maximum atomic E-state index is 14.0. The van der Waals surface area contributed by atoms with E-state index in [1.165, 1.54) is 6.07 Å². The topological polar surface area (TPSA) is 68.8 Å². The van der Waals surface area contributed by atoms with E-state index < -0.39 is 11.9 Å². The van der Waals surface area contributed by atoms with Crippen LogP contribution in [0.2, 0.25) is 5.02 Å². The van der Waals surface area contributed by atoms with Crippen LogP contribution in [0, 0.1) is 5.82 Å². The molecule has 0 spiro atoms. The highest BCUT2D eigenvalue weighted by molar-refractivity contribution is 6.30. The molecule has 0 aliphatic carbocycles. The van der Waals surface area contributed by atoms with Crippen molar-refractivity contribution in [3.8, 4) is 0 Å². The zero-order chi connectivity index (χ0) is 13.8. The number of halogens is 2. The van der Waals surface area contributed by atoms with Gasteiger partial charge in [0.1, 0.15) is 5.82 Å². The molecule has 0 fully saturated rings. The second-order valence-electron chi connectivity index (χ2n) is 4.15. The molecule has 1 aromatic carbocycles. The molecule has 2 aromatic rings. The third kappa shape index (κ3) is 2.91. The van der Waals surface area contributed by atoms with Crippen LogP contribution in [0.25, 0.3) is 0 Å². The van der Waals surface area contributed by atoms with Crippen LogP contribution >= 0.6 is 11.6 Å². The van der Waals surface area contributed by atoms with Crippen LogP contribution in [-0.4, -0.2) is 15.0 Å². The number of hydrogen-bond acceptors (Lipinski definition) is 4. The molecule has 19 heavy (non-hydrogen) atoms. The van der Waals surface area contributed by atoms with E-state index in [2.05, 4.69) is 15.7 Å². The lowest BCUT2D eigenvalue weighted by molar-refractivity contribution is 0.496. The Bertz CT molecular complexity index is 557. The number of rotatable bonds is 5. The van der Waals surface area contributed by atoms with E-state index >= 15 is 0 Å². The average Bonchev–Trinajstić information content (AvgIpc) is 2.82. The first-order valence-electron chi connectivity index (χ1n) is 5.96. The molecule has 102 valence electrons. The van der Waals surface area contributed by atoms with Crippen LogP contribution in [0.1, 0.15) is 30.6 Å². The largest absolute Gasteiger partial charge is 0.271 e. The molecule has 0 aliphatic heterocycles. The molecule has 0 radical (unpaired) electrons. The summed E-state index contributed by atoms with van der Waals surface area (Å²) in [5.41, 5.74) is 3.72. The minimum Gasteiger partial charge on any atom is -0.271 e. The third-order valence-corrected chi connectivity index (χ3v) is 3.05. The Morgan fingerprint density at radius 1 is 1.53 bits per heavy atom. The SMILES string of the molecule is CCCn1nncc1C(NN)c1ccc(Cl)cc1F. The number of aromatic nitrogens is 3. The molecule has 0 amide bonds. The van der Waals surface area contributed by atoms with Crippen molar-refractivity contribution in [1.29, 1.82) is 0 Å². The van der Waals surface area contributed by atoms with Gasteiger partial charge in [-0.1, -0.05) is 29.8 Å². The predicted molar refractivity (Wildman–Crippen MR) is 70.9 cm³/mol. The molecular formula is C12H15ClFN5. The van der Waals surface area contributed by atoms with Gasteiger partial charge in [-0.15, -0.1) is 5.10 Å². The van der Waals surface area contributed by atoms with Crippen LogP contribution in [0.4, 0.5) is 4.39 Å². The molecule has 0 saturated carbocycles. The van der Waals surface area contributed by atoms with E-state index in [1.807, 2.05) is 6.92 Å². The highest BCUT2D eigenvalue weighted by Crippen LogP contribution is 2.25. The van der Waals surface area contributed by atoms with Gasteiger partial charge >= 0.3 is 0 Å². The monoisotopic (exact) mass is 283 g/mol. The van der Waals surface area contributed by atoms with E-state index in [-0.39, 0.29) is 0 Å². The fraction of sp³-hybridized carbons (Fsp3) is 0.333. The fourth-order valence-corrected chi connectivity index (χ4v) is 2.10. The zero-order valence-corrected chi connectivity index (χ0v) is 11.2. The quantitative estimate of drug-likeness (QED) is 0.651. The Hall–Kier alpha value is -1.50. The zero-order valence-electron chi connectivity index (χ0n) is 10.5. The molecule has 0 aliphatic rings. The molecule has 0 saturated heterocycles. The minimum absolute atomic E-state index is 0.345. The fourth-order valence-electron chi connectivity index (χ4n) is 1.94. The average molecular weight is 284 g/mol. The Labute approximate surface area is 115 Å². The summed E-state index contributed by atoms with van der Waals surface area (Å²) in [4.78, 5) is 0. The highest BCUT2D eigenvalue weighted by Gasteiger charge is 2.21. The maximum Gasteiger partial charge on any atom is 0.129 e. The van der Waals surface area contributed by atoms with Gasteiger partial charge in [0.2, 0.25) is 0 Å². The summed E-state index contributed by atoms with van der Waals surface area (Å²) in [6, 6.07) is 3.97. The van der Waals surface area contributed by atoms with E-state index in [0.717, 1.165) is 6.42 Å². The van der Waals surface area contributed by atoms with Crippen molar-refractivity contribution in [1.82, 2.24) is 20.4 Å². The van der Waals surface area contributed by atoms with Crippen LogP contribution < -0.4 is 11.3 Å². The number of hydrogen-bond donors (Lipinski definition) is 2. The van der Waals surface area contributed by atoms with Crippen molar-refractivity contribution in [3.63, 3.8) is 0 Å². The number of nitrogens with one attached hydrogen (secondary N) is 1. The number of nitrogens with zero attached hydrogens (tertiary/aromatic N) is 3. The minimum atomic E-state index is -0.515. The Morgan fingerprint density at radius 2 is 2.32 bits per heavy atom. The van der Waals surface area contributed by atoms with Crippen molar-refractivity contribution < 1.29 is 4.39 Å². The van der Waals surface area contributed by atoms with Crippen molar-refractivity contribution in [2.24, 2.45) is 5.84 Å². The lowest BCUT2D eigenvalue weighted by Crippen LogP contribution is -2.31. The van der Waals surface area contributed by atoms with Crippen LogP contribution in [0.15, 0.2) is 24.4 Å². The van der Waals surface area contributed by atoms with Gasteiger partial charge in [-0.05, 0) is 18.6 Å². The van der Waals surface area contributed by atoms with Gasteiger partial charge in [-0.2, -0.15) is 0 Å². The Morgan fingerprint density at radius 3 is 2.95 bits per heavy atom. The molecule has 1 atom stereocenters. The standard InChI is InChI=1S/C12H15ClFN5/c1-2-5-19-11(7-16-18-19)12(17-15)9-4-3-8(13)6-10(9)14/h3-4,6-7,12,17H,2,5,15H2,1H3. The second-order valence-corrected chi connectivity index (χ2v) is 4.58. The lowest BCUT2D eigenvalue weighted by atomic mass is 10.0. The van der Waals surface area contributed by atoms with Crippen LogP contribution in [0.5, 0.6) is 0 Å². The Balaban J connectivity index is 2.41. The normalized spacial score (nSPS) is 12.6. The lowest BCUT2D eigenvalue weighted by Gasteiger charge is -2.18. The summed E-state index contributed by atoms with van der Waals surface area (Å²) in [5, 5.41) is 8.17. The third-order valence-electron chi connectivity index (χ3n) is 2.82. The van der Waals surface area contributed by atoms with Crippen LogP contribution in [0.3, 0.4) is 0 Å². The first-order valence-corrected chi connectivity index (χ1v) is 6.34. The first kappa shape index (κ1) is 13.9. The van der Waals surface area contributed by atoms with E-state index in [0.29, 0.717) is 22.8 Å². The molecular weight excluding hydrogens is 269 g/mol. The second kappa shape index (κ2) is 6.10. The smallest absolute Gasteiger partial charge is 0.129 e. The molecule has 0 bridgehead atoms. The predicted octanol–water partition coefficient (Wildman–Crippen LogP) is 2.03. The van der Waals surface area contributed by atoms with Crippen molar-refractivity contribution >= 4 is 11.6 Å². The summed E-state index contributed by atoms with van der Waals surface area (Å²) in [6.07, 6.45) is 2.48. The van der Waals surface area contributed by atoms with Crippen molar-refractivity contribution in [2.75, 3.05) is 0 Å². The molecule has 2 rings (SSSR count). The van der Waals surface area contributed by atoms with Gasteiger partial charge in [0.25, 0.3) is 0 Å². The summed E-state index contributed by atoms with van der Waals surface area (Å²) in [5.74, 6) is 5.13. The first-order chi connectivity index (χ1) is 9.17. The summed E-state index contributed by atoms with van der Waals surface area (Å²) in [6.45, 7) is 2.72. The number of hydrazine groups is 1. The summed E-state index contributed by atoms with van der Waals surface area (Å²) in [7, 11) is 0. The molecule has 5 nitrogen and oxygen atoms in total.